The number of phenols is 1. The second-order valence-electron chi connectivity index (χ2n) is 6.50. The molecule has 0 spiro atoms. The Balaban J connectivity index is 1.53. The van der Waals surface area contributed by atoms with E-state index in [1.54, 1.807) is 35.3 Å². The van der Waals surface area contributed by atoms with E-state index in [1.807, 2.05) is 11.0 Å². The van der Waals surface area contributed by atoms with Crippen LogP contribution in [-0.2, 0) is 0 Å². The molecular weight excluding hydrogens is 278 g/mol. The second kappa shape index (κ2) is 4.60. The molecular formula is C17H19N3O2. The van der Waals surface area contributed by atoms with Crippen molar-refractivity contribution >= 4 is 5.91 Å². The molecule has 0 unspecified atom stereocenters. The number of hydrogen-bond acceptors (Lipinski definition) is 3. The maximum absolute atomic E-state index is 12.6. The Bertz CT molecular complexity index is 735. The van der Waals surface area contributed by atoms with Crippen LogP contribution >= 0.6 is 0 Å². The lowest BCUT2D eigenvalue weighted by Gasteiger charge is -2.19. The van der Waals surface area contributed by atoms with Crippen LogP contribution in [-0.4, -0.2) is 38.8 Å². The highest BCUT2D eigenvalue weighted by atomic mass is 16.3. The van der Waals surface area contributed by atoms with Crippen LogP contribution in [0.2, 0.25) is 0 Å². The standard InChI is InChI=1S/C17H19N3O2/c1-2-17-7-13(17)10-19(11-17)16(22)12-8-18-20(9-12)14-4-3-5-15(21)6-14/h3-6,8-9,13,21H,2,7,10-11H2,1H3/t13-,17+/m0/s1. The Labute approximate surface area is 129 Å². The smallest absolute Gasteiger partial charge is 0.257 e. The number of carbonyl (C=O) groups excluding carboxylic acids is 1. The van der Waals surface area contributed by atoms with Crippen molar-refractivity contribution in [3.8, 4) is 11.4 Å². The van der Waals surface area contributed by atoms with Gasteiger partial charge in [-0.05, 0) is 36.3 Å². The van der Waals surface area contributed by atoms with Crippen LogP contribution in [0.5, 0.6) is 5.75 Å². The highest BCUT2D eigenvalue weighted by Gasteiger charge is 2.59. The molecule has 5 nitrogen and oxygen atoms in total. The molecule has 2 fully saturated rings. The van der Waals surface area contributed by atoms with E-state index in [2.05, 4.69) is 12.0 Å². The number of aromatic nitrogens is 2. The van der Waals surface area contributed by atoms with E-state index < -0.39 is 0 Å². The first-order valence-corrected chi connectivity index (χ1v) is 7.75. The van der Waals surface area contributed by atoms with Gasteiger partial charge in [-0.3, -0.25) is 4.79 Å². The molecule has 1 amide bonds. The van der Waals surface area contributed by atoms with Crippen LogP contribution in [0.3, 0.4) is 0 Å². The molecule has 0 bridgehead atoms. The number of nitrogens with zero attached hydrogens (tertiary/aromatic N) is 3. The molecule has 22 heavy (non-hydrogen) atoms. The zero-order valence-corrected chi connectivity index (χ0v) is 12.6. The monoisotopic (exact) mass is 297 g/mol. The number of hydrogen-bond donors (Lipinski definition) is 1. The fourth-order valence-electron chi connectivity index (χ4n) is 3.69. The van der Waals surface area contributed by atoms with Crippen molar-refractivity contribution in [3.05, 3.63) is 42.2 Å². The zero-order chi connectivity index (χ0) is 15.3. The van der Waals surface area contributed by atoms with Crippen LogP contribution in [0.15, 0.2) is 36.7 Å². The van der Waals surface area contributed by atoms with Crippen molar-refractivity contribution in [1.82, 2.24) is 14.7 Å². The zero-order valence-electron chi connectivity index (χ0n) is 12.6. The lowest BCUT2D eigenvalue weighted by atomic mass is 10.0. The number of amides is 1. The maximum atomic E-state index is 12.6. The van der Waals surface area contributed by atoms with Crippen molar-refractivity contribution in [2.24, 2.45) is 11.3 Å². The summed E-state index contributed by atoms with van der Waals surface area (Å²) in [5, 5.41) is 13.8. The Morgan fingerprint density at radius 2 is 2.36 bits per heavy atom. The number of benzene rings is 1. The van der Waals surface area contributed by atoms with E-state index >= 15 is 0 Å². The topological polar surface area (TPSA) is 58.4 Å². The van der Waals surface area contributed by atoms with Gasteiger partial charge in [0.25, 0.3) is 5.91 Å². The predicted molar refractivity (Wildman–Crippen MR) is 82.0 cm³/mol. The molecule has 1 N–H and O–H groups in total. The van der Waals surface area contributed by atoms with Gasteiger partial charge in [0.15, 0.2) is 0 Å². The number of aromatic hydroxyl groups is 1. The predicted octanol–water partition coefficient (Wildman–Crippen LogP) is 2.45. The SMILES string of the molecule is CC[C@]12C[C@H]1CN(C(=O)c1cnn(-c3cccc(O)c3)c1)C2. The molecule has 1 saturated heterocycles. The molecule has 2 aromatic rings. The van der Waals surface area contributed by atoms with Crippen LogP contribution in [0, 0.1) is 11.3 Å². The molecule has 4 rings (SSSR count). The minimum Gasteiger partial charge on any atom is -0.508 e. The highest BCUT2D eigenvalue weighted by molar-refractivity contribution is 5.94. The molecule has 1 aliphatic heterocycles. The van der Waals surface area contributed by atoms with E-state index in [1.165, 1.54) is 6.42 Å². The average molecular weight is 297 g/mol. The Morgan fingerprint density at radius 3 is 3.09 bits per heavy atom. The van der Waals surface area contributed by atoms with Crippen molar-refractivity contribution < 1.29 is 9.90 Å². The van der Waals surface area contributed by atoms with Gasteiger partial charge in [-0.25, -0.2) is 4.68 Å². The molecule has 2 atom stereocenters. The quantitative estimate of drug-likeness (QED) is 0.946. The van der Waals surface area contributed by atoms with Gasteiger partial charge >= 0.3 is 0 Å². The van der Waals surface area contributed by atoms with Gasteiger partial charge in [-0.2, -0.15) is 5.10 Å². The van der Waals surface area contributed by atoms with Crippen molar-refractivity contribution in [2.45, 2.75) is 19.8 Å². The number of likely N-dealkylation sites (tertiary alicyclic amines) is 1. The number of rotatable bonds is 3. The molecule has 0 radical (unpaired) electrons. The van der Waals surface area contributed by atoms with E-state index in [-0.39, 0.29) is 11.7 Å². The van der Waals surface area contributed by atoms with E-state index in [0.717, 1.165) is 25.2 Å². The summed E-state index contributed by atoms with van der Waals surface area (Å²) in [6, 6.07) is 6.84. The maximum Gasteiger partial charge on any atom is 0.257 e. The summed E-state index contributed by atoms with van der Waals surface area (Å²) in [6.45, 7) is 3.97. The lowest BCUT2D eigenvalue weighted by molar-refractivity contribution is 0.0764. The van der Waals surface area contributed by atoms with Crippen LogP contribution in [0.25, 0.3) is 5.69 Å². The molecule has 2 aliphatic rings. The van der Waals surface area contributed by atoms with Gasteiger partial charge in [0.05, 0.1) is 17.4 Å². The summed E-state index contributed by atoms with van der Waals surface area (Å²) in [5.74, 6) is 0.944. The van der Waals surface area contributed by atoms with Gasteiger partial charge in [0, 0.05) is 25.4 Å². The molecule has 1 saturated carbocycles. The third-order valence-corrected chi connectivity index (χ3v) is 5.22. The van der Waals surface area contributed by atoms with Gasteiger partial charge in [-0.1, -0.05) is 13.0 Å². The second-order valence-corrected chi connectivity index (χ2v) is 6.50. The van der Waals surface area contributed by atoms with Gasteiger partial charge in [0.2, 0.25) is 0 Å². The van der Waals surface area contributed by atoms with Gasteiger partial charge in [0.1, 0.15) is 5.75 Å². The lowest BCUT2D eigenvalue weighted by Crippen LogP contribution is -2.31. The number of fused-ring (bicyclic) bond motifs is 1. The van der Waals surface area contributed by atoms with E-state index in [0.29, 0.717) is 16.9 Å². The average Bonchev–Trinajstić information content (AvgIpc) is 2.92. The van der Waals surface area contributed by atoms with Crippen LogP contribution in [0.4, 0.5) is 0 Å². The number of carbonyl (C=O) groups is 1. The summed E-state index contributed by atoms with van der Waals surface area (Å²) in [7, 11) is 0. The van der Waals surface area contributed by atoms with Crippen LogP contribution in [0.1, 0.15) is 30.1 Å². The summed E-state index contributed by atoms with van der Waals surface area (Å²) in [5.41, 5.74) is 1.75. The molecule has 114 valence electrons. The fraction of sp³-hybridized carbons (Fsp3) is 0.412. The summed E-state index contributed by atoms with van der Waals surface area (Å²) < 4.78 is 1.62. The van der Waals surface area contributed by atoms with Crippen LogP contribution < -0.4 is 0 Å². The molecule has 2 heterocycles. The highest BCUT2D eigenvalue weighted by Crippen LogP contribution is 2.59. The third-order valence-electron chi connectivity index (χ3n) is 5.22. The Hall–Kier alpha value is -2.30. The minimum atomic E-state index is 0.0615. The number of phenolic OH excluding ortho intramolecular Hbond substituents is 1. The van der Waals surface area contributed by atoms with E-state index in [4.69, 9.17) is 0 Å². The van der Waals surface area contributed by atoms with Crippen molar-refractivity contribution in [2.75, 3.05) is 13.1 Å². The summed E-state index contributed by atoms with van der Waals surface area (Å²) >= 11 is 0. The van der Waals surface area contributed by atoms with Gasteiger partial charge in [-0.15, -0.1) is 0 Å². The molecule has 5 heteroatoms. The Kier molecular flexibility index (Phi) is 2.79. The summed E-state index contributed by atoms with van der Waals surface area (Å²) in [6.07, 6.45) is 5.77. The largest absolute Gasteiger partial charge is 0.508 e. The van der Waals surface area contributed by atoms with Crippen molar-refractivity contribution in [1.29, 1.82) is 0 Å². The van der Waals surface area contributed by atoms with Crippen molar-refractivity contribution in [3.63, 3.8) is 0 Å². The Morgan fingerprint density at radius 1 is 1.50 bits per heavy atom. The minimum absolute atomic E-state index is 0.0615. The van der Waals surface area contributed by atoms with E-state index in [9.17, 15) is 9.90 Å². The molecule has 1 aliphatic carbocycles. The number of piperidine rings is 1. The van der Waals surface area contributed by atoms with Gasteiger partial charge < -0.3 is 10.0 Å². The molecule has 1 aromatic carbocycles. The first-order valence-electron chi connectivity index (χ1n) is 7.75. The first kappa shape index (κ1) is 13.4. The first-order chi connectivity index (χ1) is 10.6. The summed E-state index contributed by atoms with van der Waals surface area (Å²) in [4.78, 5) is 14.6. The fourth-order valence-corrected chi connectivity index (χ4v) is 3.69. The normalized spacial score (nSPS) is 26.0. The third kappa shape index (κ3) is 2.00. The molecule has 1 aromatic heterocycles.